The lowest BCUT2D eigenvalue weighted by Crippen LogP contribution is -2.55. The van der Waals surface area contributed by atoms with Crippen LogP contribution in [0.3, 0.4) is 0 Å². The van der Waals surface area contributed by atoms with Crippen molar-refractivity contribution in [2.45, 2.75) is 39.3 Å². The molecule has 1 aromatic carbocycles. The van der Waals surface area contributed by atoms with Crippen LogP contribution < -0.4 is 9.64 Å². The Kier molecular flexibility index (Phi) is 4.89. The van der Waals surface area contributed by atoms with Crippen LogP contribution in [-0.4, -0.2) is 59.3 Å². The highest BCUT2D eigenvalue weighted by Gasteiger charge is 2.32. The fraction of sp³-hybridized carbons (Fsp3) is 0.526. The number of ether oxygens (including phenoxy) is 2. The molecule has 140 valence electrons. The molecule has 7 nitrogen and oxygen atoms in total. The van der Waals surface area contributed by atoms with Crippen LogP contribution in [-0.2, 0) is 4.74 Å². The molecule has 1 fully saturated rings. The maximum absolute atomic E-state index is 12.4. The van der Waals surface area contributed by atoms with E-state index in [1.165, 1.54) is 0 Å². The Morgan fingerprint density at radius 1 is 1.15 bits per heavy atom. The Bertz CT molecular complexity index is 803. The summed E-state index contributed by atoms with van der Waals surface area (Å²) in [7, 11) is 1.60. The molecule has 2 aromatic rings. The second-order valence-corrected chi connectivity index (χ2v) is 7.51. The van der Waals surface area contributed by atoms with E-state index in [9.17, 15) is 4.79 Å². The smallest absolute Gasteiger partial charge is 0.410 e. The molecule has 0 aliphatic carbocycles. The van der Waals surface area contributed by atoms with Gasteiger partial charge in [0.15, 0.2) is 5.82 Å². The molecule has 1 atom stereocenters. The van der Waals surface area contributed by atoms with Crippen molar-refractivity contribution in [1.82, 2.24) is 14.9 Å². The zero-order valence-corrected chi connectivity index (χ0v) is 16.0. The maximum atomic E-state index is 12.4. The molecule has 1 aromatic heterocycles. The molecule has 0 N–H and O–H groups in total. The highest BCUT2D eigenvalue weighted by Crippen LogP contribution is 2.29. The molecule has 1 aliphatic rings. The summed E-state index contributed by atoms with van der Waals surface area (Å²) in [6.45, 7) is 9.49. The van der Waals surface area contributed by atoms with Crippen LogP contribution in [0.25, 0.3) is 11.0 Å². The molecule has 1 aliphatic heterocycles. The van der Waals surface area contributed by atoms with Crippen molar-refractivity contribution < 1.29 is 14.3 Å². The molecule has 7 heteroatoms. The first-order valence-corrected chi connectivity index (χ1v) is 8.84. The van der Waals surface area contributed by atoms with Gasteiger partial charge in [0.25, 0.3) is 5.88 Å². The average Bonchev–Trinajstić information content (AvgIpc) is 2.58. The van der Waals surface area contributed by atoms with E-state index in [-0.39, 0.29) is 12.1 Å². The number of piperazine rings is 1. The lowest BCUT2D eigenvalue weighted by atomic mass is 10.2. The molecule has 0 spiro atoms. The van der Waals surface area contributed by atoms with Gasteiger partial charge in [-0.15, -0.1) is 0 Å². The third-order valence-electron chi connectivity index (χ3n) is 4.27. The first-order valence-electron chi connectivity index (χ1n) is 8.84. The van der Waals surface area contributed by atoms with Gasteiger partial charge in [0.2, 0.25) is 0 Å². The monoisotopic (exact) mass is 358 g/mol. The SMILES string of the molecule is COc1nc2ccccc2nc1N1CCN(C(=O)OC(C)(C)C)C(C)C1. The largest absolute Gasteiger partial charge is 0.478 e. The second kappa shape index (κ2) is 6.97. The molecule has 0 radical (unpaired) electrons. The van der Waals surface area contributed by atoms with Crippen LogP contribution in [0.4, 0.5) is 10.6 Å². The predicted molar refractivity (Wildman–Crippen MR) is 101 cm³/mol. The zero-order chi connectivity index (χ0) is 18.9. The molecule has 1 amide bonds. The van der Waals surface area contributed by atoms with Gasteiger partial charge < -0.3 is 19.3 Å². The van der Waals surface area contributed by atoms with E-state index in [1.54, 1.807) is 12.0 Å². The molecule has 1 saturated heterocycles. The van der Waals surface area contributed by atoms with E-state index in [1.807, 2.05) is 52.0 Å². The Hall–Kier alpha value is -2.57. The minimum atomic E-state index is -0.499. The Morgan fingerprint density at radius 3 is 2.38 bits per heavy atom. The first-order chi connectivity index (χ1) is 12.3. The predicted octanol–water partition coefficient (Wildman–Crippen LogP) is 3.08. The number of rotatable bonds is 2. The summed E-state index contributed by atoms with van der Waals surface area (Å²) in [6, 6.07) is 7.72. The van der Waals surface area contributed by atoms with Crippen LogP contribution in [0.1, 0.15) is 27.7 Å². The summed E-state index contributed by atoms with van der Waals surface area (Å²) in [4.78, 5) is 25.6. The number of carbonyl (C=O) groups is 1. The van der Waals surface area contributed by atoms with Crippen molar-refractivity contribution in [2.24, 2.45) is 0 Å². The zero-order valence-electron chi connectivity index (χ0n) is 16.0. The van der Waals surface area contributed by atoms with E-state index >= 15 is 0 Å². The van der Waals surface area contributed by atoms with Gasteiger partial charge in [0.05, 0.1) is 18.1 Å². The standard InChI is InChI=1S/C19H26N4O3/c1-13-12-22(10-11-23(13)18(24)26-19(2,3)4)16-17(25-5)21-15-9-7-6-8-14(15)20-16/h6-9,13H,10-12H2,1-5H3. The van der Waals surface area contributed by atoms with Gasteiger partial charge in [-0.3, -0.25) is 0 Å². The van der Waals surface area contributed by atoms with Gasteiger partial charge in [-0.25, -0.2) is 14.8 Å². The van der Waals surface area contributed by atoms with E-state index < -0.39 is 5.60 Å². The van der Waals surface area contributed by atoms with Crippen molar-refractivity contribution in [3.63, 3.8) is 0 Å². The van der Waals surface area contributed by atoms with E-state index in [2.05, 4.69) is 9.88 Å². The molecular formula is C19H26N4O3. The minimum Gasteiger partial charge on any atom is -0.478 e. The molecule has 26 heavy (non-hydrogen) atoms. The number of methoxy groups -OCH3 is 1. The Morgan fingerprint density at radius 2 is 1.81 bits per heavy atom. The van der Waals surface area contributed by atoms with Crippen molar-refractivity contribution >= 4 is 22.9 Å². The van der Waals surface area contributed by atoms with Crippen LogP contribution >= 0.6 is 0 Å². The lowest BCUT2D eigenvalue weighted by molar-refractivity contribution is 0.0158. The molecule has 1 unspecified atom stereocenters. The summed E-state index contributed by atoms with van der Waals surface area (Å²) in [5.74, 6) is 1.21. The van der Waals surface area contributed by atoms with Gasteiger partial charge in [-0.1, -0.05) is 12.1 Å². The summed E-state index contributed by atoms with van der Waals surface area (Å²) in [5, 5.41) is 0. The highest BCUT2D eigenvalue weighted by atomic mass is 16.6. The average molecular weight is 358 g/mol. The van der Waals surface area contributed by atoms with Crippen molar-refractivity contribution in [2.75, 3.05) is 31.6 Å². The first kappa shape index (κ1) is 18.2. The number of fused-ring (bicyclic) bond motifs is 1. The molecule has 2 heterocycles. The normalized spacial score (nSPS) is 18.1. The number of para-hydroxylation sites is 2. The van der Waals surface area contributed by atoms with Crippen LogP contribution in [0.15, 0.2) is 24.3 Å². The maximum Gasteiger partial charge on any atom is 0.410 e. The fourth-order valence-electron chi connectivity index (χ4n) is 3.06. The van der Waals surface area contributed by atoms with Gasteiger partial charge in [-0.2, -0.15) is 0 Å². The lowest BCUT2D eigenvalue weighted by Gasteiger charge is -2.40. The van der Waals surface area contributed by atoms with Crippen molar-refractivity contribution in [3.05, 3.63) is 24.3 Å². The summed E-state index contributed by atoms with van der Waals surface area (Å²) in [5.41, 5.74) is 1.13. The summed E-state index contributed by atoms with van der Waals surface area (Å²) >= 11 is 0. The second-order valence-electron chi connectivity index (χ2n) is 7.51. The quantitative estimate of drug-likeness (QED) is 0.822. The van der Waals surface area contributed by atoms with Crippen molar-refractivity contribution in [3.8, 4) is 5.88 Å². The number of amides is 1. The van der Waals surface area contributed by atoms with Crippen molar-refractivity contribution in [1.29, 1.82) is 0 Å². The van der Waals surface area contributed by atoms with Crippen LogP contribution in [0, 0.1) is 0 Å². The van der Waals surface area contributed by atoms with E-state index in [4.69, 9.17) is 14.5 Å². The molecular weight excluding hydrogens is 332 g/mol. The number of nitrogens with zero attached hydrogens (tertiary/aromatic N) is 4. The van der Waals surface area contributed by atoms with Gasteiger partial charge in [0.1, 0.15) is 5.60 Å². The third-order valence-corrected chi connectivity index (χ3v) is 4.27. The summed E-state index contributed by atoms with van der Waals surface area (Å²) in [6.07, 6.45) is -0.277. The Balaban J connectivity index is 1.80. The number of benzene rings is 1. The number of carbonyl (C=O) groups excluding carboxylic acids is 1. The topological polar surface area (TPSA) is 67.8 Å². The molecule has 0 bridgehead atoms. The van der Waals surface area contributed by atoms with Crippen LogP contribution in [0.2, 0.25) is 0 Å². The third kappa shape index (κ3) is 3.81. The van der Waals surface area contributed by atoms with Crippen LogP contribution in [0.5, 0.6) is 5.88 Å². The van der Waals surface area contributed by atoms with Gasteiger partial charge >= 0.3 is 6.09 Å². The molecule has 0 saturated carbocycles. The number of aromatic nitrogens is 2. The summed E-state index contributed by atoms with van der Waals surface area (Å²) < 4.78 is 11.0. The van der Waals surface area contributed by atoms with Gasteiger partial charge in [0, 0.05) is 25.7 Å². The molecule has 3 rings (SSSR count). The number of hydrogen-bond donors (Lipinski definition) is 0. The Labute approximate surface area is 153 Å². The minimum absolute atomic E-state index is 0.00317. The fourth-order valence-corrected chi connectivity index (χ4v) is 3.06. The van der Waals surface area contributed by atoms with E-state index in [0.717, 1.165) is 11.0 Å². The highest BCUT2D eigenvalue weighted by molar-refractivity contribution is 5.77. The van der Waals surface area contributed by atoms with E-state index in [0.29, 0.717) is 31.3 Å². The van der Waals surface area contributed by atoms with Gasteiger partial charge in [-0.05, 0) is 39.8 Å². The number of anilines is 1. The number of hydrogen-bond acceptors (Lipinski definition) is 6.